The molecule has 0 atom stereocenters. The minimum Gasteiger partial charge on any atom is -0.258 e. The highest BCUT2D eigenvalue weighted by molar-refractivity contribution is 7.80. The Bertz CT molecular complexity index is 379. The zero-order valence-electron chi connectivity index (χ0n) is 7.18. The predicted molar refractivity (Wildman–Crippen MR) is 55.9 cm³/mol. The summed E-state index contributed by atoms with van der Waals surface area (Å²) in [7, 11) is 0. The smallest absolute Gasteiger partial charge is 0.258 e. The molecule has 0 unspecified atom stereocenters. The molecular formula is C9H8FNO2S. The molecule has 0 aromatic heterocycles. The summed E-state index contributed by atoms with van der Waals surface area (Å²) in [6, 6.07) is 3.40. The van der Waals surface area contributed by atoms with Gasteiger partial charge in [-0.15, -0.1) is 0 Å². The Kier molecular flexibility index (Phi) is 3.64. The number of nitrogens with zero attached hydrogens (tertiary/aromatic N) is 1. The number of rotatable bonds is 3. The van der Waals surface area contributed by atoms with Gasteiger partial charge in [0.15, 0.2) is 0 Å². The van der Waals surface area contributed by atoms with E-state index in [1.807, 2.05) is 0 Å². The van der Waals surface area contributed by atoms with Gasteiger partial charge in [-0.25, -0.2) is 4.39 Å². The zero-order chi connectivity index (χ0) is 10.6. The Labute approximate surface area is 85.8 Å². The van der Waals surface area contributed by atoms with Gasteiger partial charge in [-0.3, -0.25) is 10.1 Å². The molecular weight excluding hydrogens is 205 g/mol. The van der Waals surface area contributed by atoms with Crippen LogP contribution in [0.4, 0.5) is 10.1 Å². The monoisotopic (exact) mass is 213 g/mol. The van der Waals surface area contributed by atoms with E-state index in [4.69, 9.17) is 0 Å². The summed E-state index contributed by atoms with van der Waals surface area (Å²) in [5.41, 5.74) is 0.0819. The molecule has 0 bridgehead atoms. The maximum atomic E-state index is 13.1. The molecule has 1 rings (SSSR count). The minimum atomic E-state index is -0.558. The summed E-state index contributed by atoms with van der Waals surface area (Å²) in [4.78, 5) is 9.82. The van der Waals surface area contributed by atoms with Crippen molar-refractivity contribution in [3.63, 3.8) is 0 Å². The van der Waals surface area contributed by atoms with Crippen molar-refractivity contribution in [1.82, 2.24) is 0 Å². The topological polar surface area (TPSA) is 43.1 Å². The Morgan fingerprint density at radius 3 is 2.86 bits per heavy atom. The maximum Gasteiger partial charge on any atom is 0.270 e. The molecule has 0 amide bonds. The third-order valence-electron chi connectivity index (χ3n) is 1.59. The highest BCUT2D eigenvalue weighted by atomic mass is 32.1. The van der Waals surface area contributed by atoms with Crippen molar-refractivity contribution >= 4 is 24.4 Å². The summed E-state index contributed by atoms with van der Waals surface area (Å²) < 4.78 is 13.1. The fraction of sp³-hybridized carbons (Fsp3) is 0.111. The summed E-state index contributed by atoms with van der Waals surface area (Å²) in [5.74, 6) is -0.0177. The van der Waals surface area contributed by atoms with Gasteiger partial charge in [-0.1, -0.05) is 12.2 Å². The molecule has 0 aliphatic rings. The van der Waals surface area contributed by atoms with Crippen LogP contribution in [0.1, 0.15) is 5.56 Å². The number of thiol groups is 1. The molecule has 0 saturated carbocycles. The van der Waals surface area contributed by atoms with Crippen molar-refractivity contribution < 1.29 is 9.31 Å². The van der Waals surface area contributed by atoms with Crippen molar-refractivity contribution in [3.05, 3.63) is 45.8 Å². The molecule has 1 aromatic carbocycles. The Hall–Kier alpha value is -1.36. The molecule has 0 saturated heterocycles. The first-order valence-electron chi connectivity index (χ1n) is 3.86. The van der Waals surface area contributed by atoms with Crippen LogP contribution in [-0.4, -0.2) is 10.7 Å². The van der Waals surface area contributed by atoms with E-state index in [2.05, 4.69) is 12.6 Å². The van der Waals surface area contributed by atoms with Crippen LogP contribution in [0.15, 0.2) is 24.3 Å². The van der Waals surface area contributed by atoms with Gasteiger partial charge in [-0.2, -0.15) is 12.6 Å². The first-order valence-corrected chi connectivity index (χ1v) is 4.49. The largest absolute Gasteiger partial charge is 0.270 e. The van der Waals surface area contributed by atoms with Gasteiger partial charge in [0, 0.05) is 23.4 Å². The van der Waals surface area contributed by atoms with Crippen molar-refractivity contribution in [2.75, 3.05) is 5.75 Å². The molecule has 0 aliphatic heterocycles. The van der Waals surface area contributed by atoms with Gasteiger partial charge in [0.05, 0.1) is 4.92 Å². The van der Waals surface area contributed by atoms with Crippen LogP contribution >= 0.6 is 12.6 Å². The highest BCUT2D eigenvalue weighted by Crippen LogP contribution is 2.17. The second-order valence-corrected chi connectivity index (χ2v) is 2.91. The average molecular weight is 213 g/mol. The van der Waals surface area contributed by atoms with E-state index in [1.54, 1.807) is 6.08 Å². The fourth-order valence-electron chi connectivity index (χ4n) is 0.952. The van der Waals surface area contributed by atoms with E-state index in [0.29, 0.717) is 5.75 Å². The highest BCUT2D eigenvalue weighted by Gasteiger charge is 2.08. The van der Waals surface area contributed by atoms with Crippen LogP contribution in [0, 0.1) is 15.9 Å². The Morgan fingerprint density at radius 1 is 1.57 bits per heavy atom. The van der Waals surface area contributed by atoms with Crippen LogP contribution in [0.2, 0.25) is 0 Å². The normalized spacial score (nSPS) is 10.7. The lowest BCUT2D eigenvalue weighted by molar-refractivity contribution is -0.384. The SMILES string of the molecule is O=[N+]([O-])c1ccc(F)c(C=CCS)c1. The number of nitro benzene ring substituents is 1. The third kappa shape index (κ3) is 2.56. The number of hydrogen-bond acceptors (Lipinski definition) is 3. The number of benzene rings is 1. The van der Waals surface area contributed by atoms with E-state index >= 15 is 0 Å². The van der Waals surface area contributed by atoms with Gasteiger partial charge in [0.1, 0.15) is 5.82 Å². The third-order valence-corrected chi connectivity index (χ3v) is 1.80. The summed E-state index contributed by atoms with van der Waals surface area (Å²) in [5, 5.41) is 10.4. The lowest BCUT2D eigenvalue weighted by Crippen LogP contribution is -1.90. The van der Waals surface area contributed by atoms with Crippen molar-refractivity contribution in [2.45, 2.75) is 0 Å². The molecule has 3 nitrogen and oxygen atoms in total. The van der Waals surface area contributed by atoms with Gasteiger partial charge < -0.3 is 0 Å². The number of halogens is 1. The minimum absolute atomic E-state index is 0.120. The van der Waals surface area contributed by atoms with E-state index in [1.165, 1.54) is 12.1 Å². The second kappa shape index (κ2) is 4.76. The van der Waals surface area contributed by atoms with Crippen molar-refractivity contribution in [1.29, 1.82) is 0 Å². The molecule has 1 aromatic rings. The summed E-state index contributed by atoms with van der Waals surface area (Å²) in [6.45, 7) is 0. The van der Waals surface area contributed by atoms with Gasteiger partial charge in [-0.05, 0) is 6.07 Å². The number of non-ortho nitro benzene ring substituents is 1. The zero-order valence-corrected chi connectivity index (χ0v) is 8.08. The van der Waals surface area contributed by atoms with E-state index in [0.717, 1.165) is 12.1 Å². The molecule has 0 N–H and O–H groups in total. The standard InChI is InChI=1S/C9H8FNO2S/c10-9-4-3-8(11(12)13)6-7(9)2-1-5-14/h1-4,6,14H,5H2. The Balaban J connectivity index is 3.08. The predicted octanol–water partition coefficient (Wildman–Crippen LogP) is 2.68. The van der Waals surface area contributed by atoms with E-state index in [-0.39, 0.29) is 11.3 Å². The average Bonchev–Trinajstić information content (AvgIpc) is 2.16. The van der Waals surface area contributed by atoms with Crippen LogP contribution in [0.3, 0.4) is 0 Å². The van der Waals surface area contributed by atoms with E-state index < -0.39 is 10.7 Å². The molecule has 0 aliphatic carbocycles. The lowest BCUT2D eigenvalue weighted by atomic mass is 10.2. The number of nitro groups is 1. The van der Waals surface area contributed by atoms with Crippen molar-refractivity contribution in [2.24, 2.45) is 0 Å². The molecule has 0 spiro atoms. The van der Waals surface area contributed by atoms with E-state index in [9.17, 15) is 14.5 Å². The Morgan fingerprint density at radius 2 is 2.29 bits per heavy atom. The van der Waals surface area contributed by atoms with Crippen LogP contribution < -0.4 is 0 Å². The quantitative estimate of drug-likeness (QED) is 0.476. The second-order valence-electron chi connectivity index (χ2n) is 2.55. The van der Waals surface area contributed by atoms with Crippen LogP contribution in [-0.2, 0) is 0 Å². The molecule has 5 heteroatoms. The summed E-state index contributed by atoms with van der Waals surface area (Å²) >= 11 is 3.91. The number of hydrogen-bond donors (Lipinski definition) is 1. The van der Waals surface area contributed by atoms with Crippen LogP contribution in [0.25, 0.3) is 6.08 Å². The molecule has 0 fully saturated rings. The molecule has 14 heavy (non-hydrogen) atoms. The van der Waals surface area contributed by atoms with Gasteiger partial charge in [0.25, 0.3) is 5.69 Å². The van der Waals surface area contributed by atoms with Crippen molar-refractivity contribution in [3.8, 4) is 0 Å². The molecule has 0 heterocycles. The molecule has 0 radical (unpaired) electrons. The van der Waals surface area contributed by atoms with Gasteiger partial charge >= 0.3 is 0 Å². The van der Waals surface area contributed by atoms with Gasteiger partial charge in [0.2, 0.25) is 0 Å². The first kappa shape index (κ1) is 10.7. The van der Waals surface area contributed by atoms with Crippen LogP contribution in [0.5, 0.6) is 0 Å². The summed E-state index contributed by atoms with van der Waals surface area (Å²) in [6.07, 6.45) is 3.08. The lowest BCUT2D eigenvalue weighted by Gasteiger charge is -1.96. The molecule has 74 valence electrons. The fourth-order valence-corrected chi connectivity index (χ4v) is 1.06. The first-order chi connectivity index (χ1) is 6.65. The maximum absolute atomic E-state index is 13.1.